The van der Waals surface area contributed by atoms with Crippen LogP contribution in [0.1, 0.15) is 34.6 Å². The zero-order valence-electron chi connectivity index (χ0n) is 11.6. The Morgan fingerprint density at radius 2 is 2.00 bits per heavy atom. The lowest BCUT2D eigenvalue weighted by Gasteiger charge is -2.33. The third-order valence-electron chi connectivity index (χ3n) is 3.73. The molecule has 1 amide bonds. The number of aromatic nitrogens is 2. The number of hydrogen-bond donors (Lipinski definition) is 2. The number of primary amides is 1. The van der Waals surface area contributed by atoms with Crippen molar-refractivity contribution in [3.63, 3.8) is 0 Å². The number of alkyl halides is 3. The molecule has 3 N–H and O–H groups in total. The Morgan fingerprint density at radius 1 is 1.35 bits per heavy atom. The maximum absolute atomic E-state index is 13.4. The van der Waals surface area contributed by atoms with E-state index in [1.165, 1.54) is 0 Å². The molecule has 5 nitrogen and oxygen atoms in total. The molecule has 0 saturated carbocycles. The number of benzene rings is 1. The molecule has 0 fully saturated rings. The maximum atomic E-state index is 13.4. The lowest BCUT2D eigenvalue weighted by molar-refractivity contribution is -0.173. The quantitative estimate of drug-likeness (QED) is 0.827. The lowest BCUT2D eigenvalue weighted by atomic mass is 9.97. The molecule has 0 radical (unpaired) electrons. The number of amides is 1. The van der Waals surface area contributed by atoms with Gasteiger partial charge in [-0.15, -0.1) is 0 Å². The maximum Gasteiger partial charge on any atom is 0.410 e. The summed E-state index contributed by atoms with van der Waals surface area (Å²) >= 11 is 3.12. The second kappa shape index (κ2) is 5.55. The van der Waals surface area contributed by atoms with Gasteiger partial charge in [-0.05, 0) is 21.5 Å². The number of nitrogens with zero attached hydrogens (tertiary/aromatic N) is 2. The monoisotopic (exact) mass is 388 g/mol. The van der Waals surface area contributed by atoms with Gasteiger partial charge in [0, 0.05) is 6.42 Å². The van der Waals surface area contributed by atoms with Gasteiger partial charge in [-0.3, -0.25) is 4.79 Å². The number of hydrogen-bond acceptors (Lipinski definition) is 3. The van der Waals surface area contributed by atoms with Crippen LogP contribution in [0.15, 0.2) is 34.8 Å². The minimum Gasteiger partial charge on any atom is -0.364 e. The fraction of sp³-hybridized carbons (Fsp3) is 0.286. The molecule has 0 bridgehead atoms. The van der Waals surface area contributed by atoms with Gasteiger partial charge in [0.1, 0.15) is 5.82 Å². The minimum absolute atomic E-state index is 0.0984. The van der Waals surface area contributed by atoms with E-state index < -0.39 is 24.2 Å². The summed E-state index contributed by atoms with van der Waals surface area (Å²) in [6.45, 7) is 0. The van der Waals surface area contributed by atoms with Crippen molar-refractivity contribution in [2.45, 2.75) is 24.7 Å². The molecule has 9 heteroatoms. The summed E-state index contributed by atoms with van der Waals surface area (Å²) in [6.07, 6.45) is -4.73. The molecule has 1 aliphatic rings. The molecule has 1 aliphatic heterocycles. The second-order valence-electron chi connectivity index (χ2n) is 5.22. The number of anilines is 1. The first kappa shape index (κ1) is 15.9. The first-order chi connectivity index (χ1) is 10.8. The number of nitrogens with two attached hydrogens (primary N) is 1. The topological polar surface area (TPSA) is 72.9 Å². The van der Waals surface area contributed by atoms with Crippen LogP contribution in [0.5, 0.6) is 0 Å². The van der Waals surface area contributed by atoms with Gasteiger partial charge >= 0.3 is 6.18 Å². The van der Waals surface area contributed by atoms with Crippen LogP contribution >= 0.6 is 15.9 Å². The van der Waals surface area contributed by atoms with Crippen LogP contribution in [0.25, 0.3) is 0 Å². The predicted molar refractivity (Wildman–Crippen MR) is 81.0 cm³/mol. The summed E-state index contributed by atoms with van der Waals surface area (Å²) < 4.78 is 41.2. The average Bonchev–Trinajstić information content (AvgIpc) is 2.84. The van der Waals surface area contributed by atoms with E-state index in [4.69, 9.17) is 5.73 Å². The summed E-state index contributed by atoms with van der Waals surface area (Å²) in [6, 6.07) is 6.42. The molecule has 2 aromatic rings. The van der Waals surface area contributed by atoms with Crippen LogP contribution < -0.4 is 11.1 Å². The van der Waals surface area contributed by atoms with E-state index in [1.54, 1.807) is 30.3 Å². The highest BCUT2D eigenvalue weighted by molar-refractivity contribution is 9.10. The van der Waals surface area contributed by atoms with Gasteiger partial charge in [0.2, 0.25) is 0 Å². The first-order valence-electron chi connectivity index (χ1n) is 6.75. The van der Waals surface area contributed by atoms with Crippen molar-refractivity contribution in [2.75, 3.05) is 5.32 Å². The summed E-state index contributed by atoms with van der Waals surface area (Å²) in [5.74, 6) is -0.793. The van der Waals surface area contributed by atoms with Crippen molar-refractivity contribution < 1.29 is 18.0 Å². The fourth-order valence-electron chi connectivity index (χ4n) is 2.65. The Balaban J connectivity index is 2.10. The zero-order chi connectivity index (χ0) is 16.8. The van der Waals surface area contributed by atoms with Crippen molar-refractivity contribution in [1.82, 2.24) is 9.78 Å². The molecular weight excluding hydrogens is 377 g/mol. The van der Waals surface area contributed by atoms with Crippen LogP contribution in [-0.2, 0) is 0 Å². The van der Waals surface area contributed by atoms with E-state index >= 15 is 0 Å². The molecule has 2 atom stereocenters. The normalized spacial score (nSPS) is 20.7. The van der Waals surface area contributed by atoms with Crippen LogP contribution in [0.4, 0.5) is 19.0 Å². The average molecular weight is 389 g/mol. The number of carbonyl (C=O) groups excluding carboxylic acids is 1. The van der Waals surface area contributed by atoms with Gasteiger partial charge in [0.15, 0.2) is 11.7 Å². The van der Waals surface area contributed by atoms with E-state index in [-0.39, 0.29) is 22.4 Å². The Bertz CT molecular complexity index is 744. The third-order valence-corrected chi connectivity index (χ3v) is 4.48. The van der Waals surface area contributed by atoms with Crippen LogP contribution in [0.2, 0.25) is 0 Å². The Morgan fingerprint density at radius 3 is 2.57 bits per heavy atom. The molecule has 0 saturated heterocycles. The molecule has 1 aromatic carbocycles. The van der Waals surface area contributed by atoms with E-state index in [9.17, 15) is 18.0 Å². The molecule has 0 spiro atoms. The van der Waals surface area contributed by atoms with Gasteiger partial charge in [0.25, 0.3) is 5.91 Å². The summed E-state index contributed by atoms with van der Waals surface area (Å²) in [5.41, 5.74) is 5.67. The van der Waals surface area contributed by atoms with Crippen molar-refractivity contribution in [2.24, 2.45) is 5.73 Å². The number of halogens is 4. The number of nitrogens with one attached hydrogen (secondary N) is 1. The molecule has 23 heavy (non-hydrogen) atoms. The van der Waals surface area contributed by atoms with Gasteiger partial charge in [-0.25, -0.2) is 4.68 Å². The minimum atomic E-state index is -4.50. The van der Waals surface area contributed by atoms with E-state index in [1.807, 2.05) is 0 Å². The standard InChI is InChI=1S/C14H12BrF3N4O/c15-10-11(12(19)23)21-22-9(14(16,17)18)6-8(20-13(10)22)7-4-2-1-3-5-7/h1-5,8-9,20H,6H2,(H2,19,23)/t8-,9+/m1/s1. The zero-order valence-corrected chi connectivity index (χ0v) is 13.2. The molecule has 0 unspecified atom stereocenters. The third kappa shape index (κ3) is 2.80. The summed E-state index contributed by atoms with van der Waals surface area (Å²) in [4.78, 5) is 11.4. The SMILES string of the molecule is NC(=O)c1nn2c(c1Br)N[C@@H](c1ccccc1)C[C@H]2C(F)(F)F. The fourth-order valence-corrected chi connectivity index (χ4v) is 3.22. The highest BCUT2D eigenvalue weighted by atomic mass is 79.9. The number of carbonyl (C=O) groups is 1. The highest BCUT2D eigenvalue weighted by Crippen LogP contribution is 2.46. The van der Waals surface area contributed by atoms with Crippen LogP contribution in [0, 0.1) is 0 Å². The molecule has 2 heterocycles. The number of fused-ring (bicyclic) bond motifs is 1. The smallest absolute Gasteiger partial charge is 0.364 e. The van der Waals surface area contributed by atoms with Crippen molar-refractivity contribution >= 4 is 27.7 Å². The van der Waals surface area contributed by atoms with Crippen LogP contribution in [-0.4, -0.2) is 21.9 Å². The van der Waals surface area contributed by atoms with E-state index in [2.05, 4.69) is 26.3 Å². The first-order valence-corrected chi connectivity index (χ1v) is 7.54. The Labute approximate surface area is 137 Å². The van der Waals surface area contributed by atoms with Gasteiger partial charge < -0.3 is 11.1 Å². The Hall–Kier alpha value is -2.03. The van der Waals surface area contributed by atoms with E-state index in [0.717, 1.165) is 10.2 Å². The van der Waals surface area contributed by atoms with Crippen molar-refractivity contribution in [3.8, 4) is 0 Å². The molecule has 0 aliphatic carbocycles. The molecule has 3 rings (SSSR count). The summed E-state index contributed by atoms with van der Waals surface area (Å²) in [5, 5.41) is 6.74. The van der Waals surface area contributed by atoms with Crippen LogP contribution in [0.3, 0.4) is 0 Å². The number of rotatable bonds is 2. The van der Waals surface area contributed by atoms with Crippen molar-refractivity contribution in [1.29, 1.82) is 0 Å². The van der Waals surface area contributed by atoms with Crippen molar-refractivity contribution in [3.05, 3.63) is 46.1 Å². The largest absolute Gasteiger partial charge is 0.410 e. The molecule has 1 aromatic heterocycles. The van der Waals surface area contributed by atoms with Gasteiger partial charge in [-0.2, -0.15) is 18.3 Å². The highest BCUT2D eigenvalue weighted by Gasteiger charge is 2.47. The van der Waals surface area contributed by atoms with Gasteiger partial charge in [-0.1, -0.05) is 30.3 Å². The summed E-state index contributed by atoms with van der Waals surface area (Å²) in [7, 11) is 0. The predicted octanol–water partition coefficient (Wildman–Crippen LogP) is 3.40. The molecular formula is C14H12BrF3N4O. The Kier molecular flexibility index (Phi) is 3.83. The second-order valence-corrected chi connectivity index (χ2v) is 6.01. The van der Waals surface area contributed by atoms with E-state index in [0.29, 0.717) is 0 Å². The lowest BCUT2D eigenvalue weighted by Crippen LogP contribution is -2.35. The molecule has 122 valence electrons. The van der Waals surface area contributed by atoms with Gasteiger partial charge in [0.05, 0.1) is 10.5 Å².